The van der Waals surface area contributed by atoms with E-state index in [4.69, 9.17) is 43.0 Å². The van der Waals surface area contributed by atoms with Gasteiger partial charge in [0.1, 0.15) is 0 Å². The molecule has 10 heteroatoms. The number of carboxylic acids is 2. The topological polar surface area (TPSA) is 133 Å². The van der Waals surface area contributed by atoms with E-state index in [-0.39, 0.29) is 18.2 Å². The van der Waals surface area contributed by atoms with Gasteiger partial charge in [0.05, 0.1) is 12.2 Å². The van der Waals surface area contributed by atoms with Crippen molar-refractivity contribution in [2.45, 2.75) is 6.54 Å². The fourth-order valence-corrected chi connectivity index (χ4v) is 3.08. The summed E-state index contributed by atoms with van der Waals surface area (Å²) in [5.74, 6) is -4.12. The lowest BCUT2D eigenvalue weighted by molar-refractivity contribution is -0.159. The number of hydrogen-bond donors (Lipinski definition) is 4. The summed E-state index contributed by atoms with van der Waals surface area (Å²) in [5, 5.41) is 21.7. The number of carbonyl (C=O) groups excluding carboxylic acids is 2. The molecule has 0 spiro atoms. The minimum absolute atomic E-state index is 0.0762. The van der Waals surface area contributed by atoms with Crippen LogP contribution in [0.4, 0.5) is 5.69 Å². The first-order chi connectivity index (χ1) is 16.2. The highest BCUT2D eigenvalue weighted by Crippen LogP contribution is 2.23. The average molecular weight is 503 g/mol. The molecule has 0 aliphatic rings. The largest absolute Gasteiger partial charge is 0.473 e. The zero-order valence-electron chi connectivity index (χ0n) is 17.6. The highest BCUT2D eigenvalue weighted by Gasteiger charge is 2.16. The zero-order valence-corrected chi connectivity index (χ0v) is 19.1. The number of carbonyl (C=O) groups is 4. The Labute approximate surface area is 205 Å². The molecule has 0 saturated heterocycles. The summed E-state index contributed by atoms with van der Waals surface area (Å²) in [7, 11) is 0. The van der Waals surface area contributed by atoms with Crippen LogP contribution in [0.25, 0.3) is 0 Å². The van der Waals surface area contributed by atoms with E-state index in [0.29, 0.717) is 33.4 Å². The molecule has 0 fully saturated rings. The van der Waals surface area contributed by atoms with Crippen molar-refractivity contribution in [1.29, 1.82) is 0 Å². The van der Waals surface area contributed by atoms with Crippen molar-refractivity contribution in [3.63, 3.8) is 0 Å². The number of carboxylic acid groups (broad SMARTS) is 2. The lowest BCUT2D eigenvalue weighted by Crippen LogP contribution is -2.28. The predicted molar refractivity (Wildman–Crippen MR) is 128 cm³/mol. The van der Waals surface area contributed by atoms with Crippen LogP contribution in [0.3, 0.4) is 0 Å². The molecule has 1 amide bonds. The van der Waals surface area contributed by atoms with Gasteiger partial charge in [0, 0.05) is 27.7 Å². The van der Waals surface area contributed by atoms with E-state index >= 15 is 0 Å². The molecule has 34 heavy (non-hydrogen) atoms. The van der Waals surface area contributed by atoms with Crippen molar-refractivity contribution in [2.75, 3.05) is 11.9 Å². The smallest absolute Gasteiger partial charge is 0.414 e. The number of nitrogens with one attached hydrogen (secondary N) is 2. The zero-order chi connectivity index (χ0) is 25.1. The van der Waals surface area contributed by atoms with Crippen molar-refractivity contribution in [1.82, 2.24) is 5.32 Å². The molecule has 0 bridgehead atoms. The van der Waals surface area contributed by atoms with E-state index < -0.39 is 11.9 Å². The number of aliphatic carboxylic acids is 2. The van der Waals surface area contributed by atoms with Gasteiger partial charge in [0.2, 0.25) is 5.91 Å². The van der Waals surface area contributed by atoms with Gasteiger partial charge in [-0.3, -0.25) is 9.59 Å². The number of amides is 1. The van der Waals surface area contributed by atoms with Crippen LogP contribution in [0.2, 0.25) is 10.0 Å². The van der Waals surface area contributed by atoms with Gasteiger partial charge in [-0.2, -0.15) is 0 Å². The van der Waals surface area contributed by atoms with E-state index in [0.717, 1.165) is 5.56 Å². The van der Waals surface area contributed by atoms with Crippen LogP contribution in [0.15, 0.2) is 72.8 Å². The first-order valence-electron chi connectivity index (χ1n) is 9.78. The maximum atomic E-state index is 12.8. The summed E-state index contributed by atoms with van der Waals surface area (Å²) in [5.41, 5.74) is 2.20. The molecule has 4 N–H and O–H groups in total. The summed E-state index contributed by atoms with van der Waals surface area (Å²) in [6.45, 7) is 0.538. The fourth-order valence-electron chi connectivity index (χ4n) is 2.71. The van der Waals surface area contributed by atoms with E-state index in [1.807, 2.05) is 24.3 Å². The molecule has 8 nitrogen and oxygen atoms in total. The van der Waals surface area contributed by atoms with Crippen LogP contribution in [0.1, 0.15) is 21.5 Å². The third-order valence-corrected chi connectivity index (χ3v) is 4.88. The minimum atomic E-state index is -1.82. The van der Waals surface area contributed by atoms with Crippen molar-refractivity contribution in [3.8, 4) is 0 Å². The van der Waals surface area contributed by atoms with Crippen LogP contribution < -0.4 is 10.6 Å². The van der Waals surface area contributed by atoms with Crippen molar-refractivity contribution >= 4 is 52.5 Å². The monoisotopic (exact) mass is 502 g/mol. The predicted octanol–water partition coefficient (Wildman–Crippen LogP) is 4.11. The number of ketones is 1. The number of rotatable bonds is 7. The quantitative estimate of drug-likeness (QED) is 0.282. The van der Waals surface area contributed by atoms with Crippen LogP contribution in [-0.2, 0) is 20.9 Å². The van der Waals surface area contributed by atoms with Gasteiger partial charge in [-0.05, 0) is 29.8 Å². The Kier molecular flexibility index (Phi) is 10.2. The Morgan fingerprint density at radius 2 is 1.41 bits per heavy atom. The summed E-state index contributed by atoms with van der Waals surface area (Å²) in [6, 6.07) is 21.1. The van der Waals surface area contributed by atoms with E-state index in [1.54, 1.807) is 48.5 Å². The Balaban J connectivity index is 0.000000604. The Hall–Kier alpha value is -3.72. The highest BCUT2D eigenvalue weighted by molar-refractivity contribution is 6.32. The molecule has 0 aliphatic heterocycles. The van der Waals surface area contributed by atoms with Gasteiger partial charge in [-0.25, -0.2) is 9.59 Å². The number of hydrogen-bond acceptors (Lipinski definition) is 5. The molecule has 0 aromatic heterocycles. The lowest BCUT2D eigenvalue weighted by atomic mass is 10.0. The Bertz CT molecular complexity index is 1170. The second-order valence-corrected chi connectivity index (χ2v) is 7.58. The van der Waals surface area contributed by atoms with E-state index in [2.05, 4.69) is 10.6 Å². The third kappa shape index (κ3) is 8.32. The molecule has 0 unspecified atom stereocenters. The second kappa shape index (κ2) is 13.1. The van der Waals surface area contributed by atoms with Crippen LogP contribution in [0.5, 0.6) is 0 Å². The number of halogens is 2. The molecular formula is C24H20Cl2N2O6. The Morgan fingerprint density at radius 1 is 0.794 bits per heavy atom. The maximum Gasteiger partial charge on any atom is 0.414 e. The first-order valence-corrected chi connectivity index (χ1v) is 10.5. The van der Waals surface area contributed by atoms with Gasteiger partial charge in [-0.15, -0.1) is 0 Å². The summed E-state index contributed by atoms with van der Waals surface area (Å²) >= 11 is 12.2. The molecule has 176 valence electrons. The molecule has 0 radical (unpaired) electrons. The third-order valence-electron chi connectivity index (χ3n) is 4.28. The molecule has 0 aliphatic carbocycles. The number of anilines is 1. The van der Waals surface area contributed by atoms with Gasteiger partial charge in [0.25, 0.3) is 0 Å². The molecule has 3 aromatic carbocycles. The van der Waals surface area contributed by atoms with Crippen LogP contribution >= 0.6 is 23.2 Å². The molecular weight excluding hydrogens is 483 g/mol. The SMILES string of the molecule is O=C(CNCc1ccccc1Cl)Nc1ccc(Cl)cc1C(=O)c1ccccc1.O=C(O)C(=O)O. The molecule has 0 heterocycles. The summed E-state index contributed by atoms with van der Waals surface area (Å²) in [4.78, 5) is 43.3. The summed E-state index contributed by atoms with van der Waals surface area (Å²) < 4.78 is 0. The van der Waals surface area contributed by atoms with Crippen molar-refractivity contribution in [3.05, 3.63) is 99.5 Å². The first kappa shape index (κ1) is 26.5. The fraction of sp³-hybridized carbons (Fsp3) is 0.0833. The Morgan fingerprint density at radius 3 is 2.03 bits per heavy atom. The second-order valence-electron chi connectivity index (χ2n) is 6.74. The van der Waals surface area contributed by atoms with E-state index in [9.17, 15) is 9.59 Å². The van der Waals surface area contributed by atoms with Gasteiger partial charge in [-0.1, -0.05) is 71.7 Å². The minimum Gasteiger partial charge on any atom is -0.473 e. The van der Waals surface area contributed by atoms with Crippen LogP contribution in [0, 0.1) is 0 Å². The van der Waals surface area contributed by atoms with Gasteiger partial charge in [0.15, 0.2) is 5.78 Å². The standard InChI is InChI=1S/C22H18Cl2N2O2.C2H2O4/c23-17-10-11-20(18(12-17)22(28)15-6-2-1-3-7-15)26-21(27)14-25-13-16-8-4-5-9-19(16)24;3-1(4)2(5)6/h1-12,25H,13-14H2,(H,26,27);(H,3,4)(H,5,6). The molecule has 0 saturated carbocycles. The lowest BCUT2D eigenvalue weighted by Gasteiger charge is -2.12. The van der Waals surface area contributed by atoms with Crippen molar-refractivity contribution < 1.29 is 29.4 Å². The van der Waals surface area contributed by atoms with Crippen molar-refractivity contribution in [2.24, 2.45) is 0 Å². The summed E-state index contributed by atoms with van der Waals surface area (Å²) in [6.07, 6.45) is 0. The molecule has 3 rings (SSSR count). The number of benzene rings is 3. The van der Waals surface area contributed by atoms with Crippen LogP contribution in [-0.4, -0.2) is 40.4 Å². The van der Waals surface area contributed by atoms with E-state index in [1.165, 1.54) is 0 Å². The highest BCUT2D eigenvalue weighted by atomic mass is 35.5. The average Bonchev–Trinajstić information content (AvgIpc) is 2.82. The van der Waals surface area contributed by atoms with Gasteiger partial charge < -0.3 is 20.8 Å². The molecule has 0 atom stereocenters. The van der Waals surface area contributed by atoms with Gasteiger partial charge >= 0.3 is 11.9 Å². The maximum absolute atomic E-state index is 12.8. The normalized spacial score (nSPS) is 9.94. The molecule has 3 aromatic rings.